The van der Waals surface area contributed by atoms with Gasteiger partial charge in [-0.2, -0.15) is 0 Å². The normalized spacial score (nSPS) is 10.6. The minimum absolute atomic E-state index is 0.233. The first-order valence-electron chi connectivity index (χ1n) is 6.22. The molecule has 0 heterocycles. The molecule has 1 nitrogen and oxygen atoms in total. The van der Waals surface area contributed by atoms with Crippen molar-refractivity contribution in [2.45, 2.75) is 51.9 Å². The average molecular weight is 224 g/mol. The van der Waals surface area contributed by atoms with Crippen LogP contribution >= 0.6 is 0 Å². The maximum atomic E-state index is 13.4. The van der Waals surface area contributed by atoms with Crippen molar-refractivity contribution in [3.8, 4) is 5.75 Å². The molecule has 1 aromatic rings. The van der Waals surface area contributed by atoms with Crippen LogP contribution in [-0.4, -0.2) is 5.11 Å². The van der Waals surface area contributed by atoms with Crippen LogP contribution in [0.1, 0.15) is 51.0 Å². The Morgan fingerprint density at radius 2 is 1.75 bits per heavy atom. The van der Waals surface area contributed by atoms with Gasteiger partial charge in [-0.05, 0) is 24.5 Å². The van der Waals surface area contributed by atoms with E-state index in [-0.39, 0.29) is 5.75 Å². The first kappa shape index (κ1) is 13.0. The van der Waals surface area contributed by atoms with Gasteiger partial charge in [0.15, 0.2) is 11.6 Å². The first-order valence-corrected chi connectivity index (χ1v) is 6.22. The second-order valence-electron chi connectivity index (χ2n) is 4.27. The fraction of sp³-hybridized carbons (Fsp3) is 0.571. The number of hydrogen-bond donors (Lipinski definition) is 1. The van der Waals surface area contributed by atoms with Gasteiger partial charge in [-0.25, -0.2) is 4.39 Å². The van der Waals surface area contributed by atoms with Crippen LogP contribution in [0.5, 0.6) is 5.75 Å². The third-order valence-corrected chi connectivity index (χ3v) is 2.86. The number of rotatable bonds is 7. The quantitative estimate of drug-likeness (QED) is 0.679. The van der Waals surface area contributed by atoms with Gasteiger partial charge in [0.05, 0.1) is 0 Å². The van der Waals surface area contributed by atoms with Gasteiger partial charge in [0.2, 0.25) is 0 Å². The maximum Gasteiger partial charge on any atom is 0.167 e. The molecule has 0 bridgehead atoms. The predicted octanol–water partition coefficient (Wildman–Crippen LogP) is 4.43. The summed E-state index contributed by atoms with van der Waals surface area (Å²) >= 11 is 0. The zero-order valence-corrected chi connectivity index (χ0v) is 10.0. The summed E-state index contributed by atoms with van der Waals surface area (Å²) in [5, 5.41) is 9.20. The molecule has 1 N–H and O–H groups in total. The molecule has 0 atom stereocenters. The van der Waals surface area contributed by atoms with Crippen molar-refractivity contribution in [2.75, 3.05) is 0 Å². The topological polar surface area (TPSA) is 20.2 Å². The number of halogens is 1. The summed E-state index contributed by atoms with van der Waals surface area (Å²) in [5.74, 6) is -0.681. The molecule has 0 aliphatic rings. The number of unbranched alkanes of at least 4 members (excludes halogenated alkanes) is 5. The van der Waals surface area contributed by atoms with Gasteiger partial charge in [0.25, 0.3) is 0 Å². The van der Waals surface area contributed by atoms with Gasteiger partial charge >= 0.3 is 0 Å². The number of aromatic hydroxyl groups is 1. The first-order chi connectivity index (χ1) is 7.75. The van der Waals surface area contributed by atoms with E-state index in [1.807, 2.05) is 0 Å². The highest BCUT2D eigenvalue weighted by molar-refractivity contribution is 5.29. The highest BCUT2D eigenvalue weighted by Crippen LogP contribution is 2.20. The fourth-order valence-corrected chi connectivity index (χ4v) is 1.86. The van der Waals surface area contributed by atoms with E-state index in [1.54, 1.807) is 12.1 Å². The Morgan fingerprint density at radius 3 is 2.50 bits per heavy atom. The molecule has 1 aromatic carbocycles. The summed E-state index contributed by atoms with van der Waals surface area (Å²) in [6, 6.07) is 4.84. The minimum atomic E-state index is -0.448. The number of benzene rings is 1. The standard InChI is InChI=1S/C14H21FO/c1-2-3-4-5-6-7-9-12-10-8-11-13(16)14(12)15/h8,10-11,16H,2-7,9H2,1H3. The highest BCUT2D eigenvalue weighted by atomic mass is 19.1. The van der Waals surface area contributed by atoms with Crippen LogP contribution in [-0.2, 0) is 6.42 Å². The zero-order valence-electron chi connectivity index (χ0n) is 10.0. The number of hydrogen-bond acceptors (Lipinski definition) is 1. The van der Waals surface area contributed by atoms with E-state index in [2.05, 4.69) is 6.92 Å². The molecule has 0 aliphatic heterocycles. The SMILES string of the molecule is CCCCCCCCc1cccc(O)c1F. The van der Waals surface area contributed by atoms with Gasteiger partial charge in [-0.15, -0.1) is 0 Å². The van der Waals surface area contributed by atoms with Crippen molar-refractivity contribution in [2.24, 2.45) is 0 Å². The van der Waals surface area contributed by atoms with Crippen LogP contribution in [0.15, 0.2) is 18.2 Å². The van der Waals surface area contributed by atoms with Crippen LogP contribution in [0.3, 0.4) is 0 Å². The lowest BCUT2D eigenvalue weighted by Gasteiger charge is -2.04. The molecule has 0 spiro atoms. The summed E-state index contributed by atoms with van der Waals surface area (Å²) in [6.07, 6.45) is 7.93. The van der Waals surface area contributed by atoms with Gasteiger partial charge in [0, 0.05) is 0 Å². The third-order valence-electron chi connectivity index (χ3n) is 2.86. The van der Waals surface area contributed by atoms with E-state index in [4.69, 9.17) is 0 Å². The molecule has 90 valence electrons. The van der Waals surface area contributed by atoms with Crippen LogP contribution in [0.2, 0.25) is 0 Å². The Morgan fingerprint density at radius 1 is 1.06 bits per heavy atom. The van der Waals surface area contributed by atoms with Crippen LogP contribution in [0.4, 0.5) is 4.39 Å². The Kier molecular flexibility index (Phi) is 5.91. The largest absolute Gasteiger partial charge is 0.505 e. The molecular formula is C14H21FO. The maximum absolute atomic E-state index is 13.4. The average Bonchev–Trinajstić information content (AvgIpc) is 2.29. The molecule has 1 rings (SSSR count). The fourth-order valence-electron chi connectivity index (χ4n) is 1.86. The number of phenols is 1. The molecule has 0 fully saturated rings. The van der Waals surface area contributed by atoms with Crippen LogP contribution in [0.25, 0.3) is 0 Å². The highest BCUT2D eigenvalue weighted by Gasteiger charge is 2.05. The Labute approximate surface area is 97.3 Å². The monoisotopic (exact) mass is 224 g/mol. The minimum Gasteiger partial charge on any atom is -0.505 e. The molecule has 0 amide bonds. The van der Waals surface area contributed by atoms with Crippen molar-refractivity contribution in [3.05, 3.63) is 29.6 Å². The van der Waals surface area contributed by atoms with Gasteiger partial charge < -0.3 is 5.11 Å². The lowest BCUT2D eigenvalue weighted by atomic mass is 10.0. The van der Waals surface area contributed by atoms with Crippen molar-refractivity contribution in [1.29, 1.82) is 0 Å². The molecule has 0 saturated heterocycles. The Hall–Kier alpha value is -1.05. The van der Waals surface area contributed by atoms with E-state index < -0.39 is 5.82 Å². The summed E-state index contributed by atoms with van der Waals surface area (Å²) in [5.41, 5.74) is 0.635. The van der Waals surface area contributed by atoms with Crippen molar-refractivity contribution in [3.63, 3.8) is 0 Å². The number of aryl methyl sites for hydroxylation is 1. The predicted molar refractivity (Wildman–Crippen MR) is 65.1 cm³/mol. The van der Waals surface area contributed by atoms with E-state index >= 15 is 0 Å². The molecule has 0 aliphatic carbocycles. The van der Waals surface area contributed by atoms with Crippen molar-refractivity contribution in [1.82, 2.24) is 0 Å². The van der Waals surface area contributed by atoms with E-state index in [9.17, 15) is 9.50 Å². The molecule has 0 aromatic heterocycles. The number of phenolic OH excluding ortho intramolecular Hbond substituents is 1. The molecule has 16 heavy (non-hydrogen) atoms. The lowest BCUT2D eigenvalue weighted by molar-refractivity contribution is 0.427. The smallest absolute Gasteiger partial charge is 0.167 e. The van der Waals surface area contributed by atoms with Gasteiger partial charge in [-0.1, -0.05) is 51.2 Å². The van der Waals surface area contributed by atoms with Crippen molar-refractivity contribution < 1.29 is 9.50 Å². The second kappa shape index (κ2) is 7.26. The lowest BCUT2D eigenvalue weighted by Crippen LogP contribution is -1.91. The van der Waals surface area contributed by atoms with Gasteiger partial charge in [-0.3, -0.25) is 0 Å². The van der Waals surface area contributed by atoms with Crippen LogP contribution < -0.4 is 0 Å². The summed E-state index contributed by atoms with van der Waals surface area (Å²) < 4.78 is 13.4. The Bertz CT molecular complexity index is 310. The summed E-state index contributed by atoms with van der Waals surface area (Å²) in [6.45, 7) is 2.20. The second-order valence-corrected chi connectivity index (χ2v) is 4.27. The van der Waals surface area contributed by atoms with E-state index in [1.165, 1.54) is 31.7 Å². The van der Waals surface area contributed by atoms with E-state index in [0.29, 0.717) is 5.56 Å². The summed E-state index contributed by atoms with van der Waals surface area (Å²) in [4.78, 5) is 0. The molecular weight excluding hydrogens is 203 g/mol. The Balaban J connectivity index is 2.24. The molecule has 2 heteroatoms. The molecule has 0 radical (unpaired) electrons. The van der Waals surface area contributed by atoms with E-state index in [0.717, 1.165) is 19.3 Å². The zero-order chi connectivity index (χ0) is 11.8. The third kappa shape index (κ3) is 4.21. The molecule has 0 saturated carbocycles. The van der Waals surface area contributed by atoms with Gasteiger partial charge in [0.1, 0.15) is 0 Å². The molecule has 0 unspecified atom stereocenters. The summed E-state index contributed by atoms with van der Waals surface area (Å²) in [7, 11) is 0. The van der Waals surface area contributed by atoms with Crippen LogP contribution in [0, 0.1) is 5.82 Å². The van der Waals surface area contributed by atoms with Crippen molar-refractivity contribution >= 4 is 0 Å².